The number of nitrogens with zero attached hydrogens (tertiary/aromatic N) is 2. The van der Waals surface area contributed by atoms with E-state index < -0.39 is 107 Å². The minimum Gasteiger partial charge on any atom is -0.370 e. The fraction of sp³-hybridized carbons (Fsp3) is 0.651. The van der Waals surface area contributed by atoms with Crippen LogP contribution in [0.2, 0.25) is 0 Å². The van der Waals surface area contributed by atoms with Crippen molar-refractivity contribution >= 4 is 53.2 Å². The van der Waals surface area contributed by atoms with Crippen LogP contribution in [0.4, 0.5) is 0 Å². The highest BCUT2D eigenvalue weighted by atomic mass is 16.2. The Balaban J connectivity index is 2.46. The highest BCUT2D eigenvalue weighted by Crippen LogP contribution is 2.15. The van der Waals surface area contributed by atoms with Crippen LogP contribution >= 0.6 is 0 Å². The molecule has 2 heterocycles. The lowest BCUT2D eigenvalue weighted by atomic mass is 9.95. The van der Waals surface area contributed by atoms with Crippen molar-refractivity contribution in [2.75, 3.05) is 0 Å². The number of carbonyl (C=O) groups excluding carboxylic acids is 9. The van der Waals surface area contributed by atoms with Gasteiger partial charge in [0.25, 0.3) is 0 Å². The SMILES string of the molecule is CC[C@H](C)[C@H](NC(=O)[C@H](CCC(N)=O)NC(=O)[C@@H](NC(=O)[C@H](Cc1cnc[nH]1)NC(=O)[C@@H](NC(=O)[C@H](Cc1cnc[nH]1)NC(=O)[C@@H](NC(C)=O)[C@@H](C)CC)[C@@H](C)CC)[C@@H](C)CC)C(N)=O. The maximum Gasteiger partial charge on any atom is 0.243 e. The molecule has 2 aromatic heterocycles. The van der Waals surface area contributed by atoms with E-state index in [4.69, 9.17) is 11.5 Å². The first kappa shape index (κ1) is 54.8. The molecule has 22 nitrogen and oxygen atoms in total. The van der Waals surface area contributed by atoms with E-state index in [1.807, 2.05) is 20.8 Å². The van der Waals surface area contributed by atoms with Gasteiger partial charge >= 0.3 is 0 Å². The van der Waals surface area contributed by atoms with E-state index in [1.54, 1.807) is 34.6 Å². The lowest BCUT2D eigenvalue weighted by Crippen LogP contribution is -2.62. The van der Waals surface area contributed by atoms with Crippen molar-refractivity contribution in [2.24, 2.45) is 35.1 Å². The van der Waals surface area contributed by atoms with Gasteiger partial charge in [0.15, 0.2) is 0 Å². The van der Waals surface area contributed by atoms with Gasteiger partial charge in [-0.25, -0.2) is 9.97 Å². The second-order valence-corrected chi connectivity index (χ2v) is 16.8. The minimum absolute atomic E-state index is 0.0434. The van der Waals surface area contributed by atoms with Crippen LogP contribution < -0.4 is 48.7 Å². The Labute approximate surface area is 380 Å². The molecule has 65 heavy (non-hydrogen) atoms. The fourth-order valence-corrected chi connectivity index (χ4v) is 6.81. The van der Waals surface area contributed by atoms with Crippen LogP contribution in [0.25, 0.3) is 0 Å². The number of carbonyl (C=O) groups is 9. The average Bonchev–Trinajstić information content (AvgIpc) is 3.99. The van der Waals surface area contributed by atoms with Gasteiger partial charge in [-0.05, 0) is 30.1 Å². The quantitative estimate of drug-likeness (QED) is 0.0483. The molecule has 0 spiro atoms. The zero-order chi connectivity index (χ0) is 49.0. The first-order valence-corrected chi connectivity index (χ1v) is 22.3. The predicted molar refractivity (Wildman–Crippen MR) is 239 cm³/mol. The summed E-state index contributed by atoms with van der Waals surface area (Å²) >= 11 is 0. The summed E-state index contributed by atoms with van der Waals surface area (Å²) in [5, 5.41) is 18.8. The van der Waals surface area contributed by atoms with Gasteiger partial charge < -0.3 is 58.7 Å². The van der Waals surface area contributed by atoms with Gasteiger partial charge in [-0.3, -0.25) is 43.2 Å². The number of hydrogen-bond acceptors (Lipinski definition) is 11. The summed E-state index contributed by atoms with van der Waals surface area (Å²) in [6.45, 7) is 15.5. The number of primary amides is 2. The number of aromatic nitrogens is 4. The molecule has 0 aliphatic rings. The van der Waals surface area contributed by atoms with E-state index in [2.05, 4.69) is 57.2 Å². The highest BCUT2D eigenvalue weighted by Gasteiger charge is 2.37. The first-order valence-electron chi connectivity index (χ1n) is 22.3. The number of nitrogens with one attached hydrogen (secondary N) is 9. The van der Waals surface area contributed by atoms with Crippen molar-refractivity contribution < 1.29 is 43.2 Å². The average molecular weight is 914 g/mol. The standard InChI is InChI=1S/C43H71N13O9/c1-10-22(5)33(37(45)59)54-38(60)29(14-15-32(44)58)51-42(64)35(24(7)12-3)55-40(62)31(17-28-19-47-21-49-28)53-43(65)36(25(8)13-4)56-39(61)30(16-27-18-46-20-48-27)52-41(63)34(23(6)11-2)50-26(9)57/h18-25,29-31,33-36H,10-17H2,1-9H3,(H2,44,58)(H2,45,59)(H,46,48)(H,47,49)(H,50,57)(H,51,64)(H,52,63)(H,53,65)(H,54,60)(H,55,62)(H,56,61)/t22-,23-,24-,25-,29-,30-,31-,33-,34-,35-,36-/m0/s1. The third-order valence-electron chi connectivity index (χ3n) is 11.8. The normalized spacial score (nSPS) is 16.3. The summed E-state index contributed by atoms with van der Waals surface area (Å²) in [6.07, 6.45) is 6.90. The molecule has 22 heteroatoms. The van der Waals surface area contributed by atoms with Crippen molar-refractivity contribution in [1.82, 2.24) is 57.2 Å². The summed E-state index contributed by atoms with van der Waals surface area (Å²) in [5.74, 6) is -8.03. The van der Waals surface area contributed by atoms with E-state index in [0.29, 0.717) is 37.1 Å². The van der Waals surface area contributed by atoms with Gasteiger partial charge in [0.1, 0.15) is 42.3 Å². The predicted octanol–water partition coefficient (Wildman–Crippen LogP) is -0.733. The number of aromatic amines is 2. The zero-order valence-electron chi connectivity index (χ0n) is 39.0. The number of rotatable bonds is 29. The molecule has 0 aliphatic heterocycles. The Morgan fingerprint density at radius 3 is 1.17 bits per heavy atom. The Bertz CT molecular complexity index is 1890. The van der Waals surface area contributed by atoms with Gasteiger partial charge in [-0.15, -0.1) is 0 Å². The molecule has 2 aromatic rings. The third kappa shape index (κ3) is 17.6. The topological polar surface area (TPSA) is 347 Å². The fourth-order valence-electron chi connectivity index (χ4n) is 6.81. The van der Waals surface area contributed by atoms with Gasteiger partial charge in [0.05, 0.1) is 12.7 Å². The van der Waals surface area contributed by atoms with E-state index in [1.165, 1.54) is 32.0 Å². The van der Waals surface area contributed by atoms with Crippen LogP contribution in [0.15, 0.2) is 25.0 Å². The summed E-state index contributed by atoms with van der Waals surface area (Å²) in [6, 6.07) is -8.45. The summed E-state index contributed by atoms with van der Waals surface area (Å²) in [4.78, 5) is 134. The molecule has 0 radical (unpaired) electrons. The summed E-state index contributed by atoms with van der Waals surface area (Å²) in [7, 11) is 0. The van der Waals surface area contributed by atoms with Gasteiger partial charge in [-0.1, -0.05) is 81.1 Å². The molecule has 0 bridgehead atoms. The number of amides is 9. The molecule has 0 saturated carbocycles. The Morgan fingerprint density at radius 1 is 0.508 bits per heavy atom. The minimum atomic E-state index is -1.35. The maximum atomic E-state index is 14.3. The molecule has 0 aliphatic carbocycles. The van der Waals surface area contributed by atoms with Crippen molar-refractivity contribution in [3.63, 3.8) is 0 Å². The first-order chi connectivity index (χ1) is 30.7. The third-order valence-corrected chi connectivity index (χ3v) is 11.8. The lowest BCUT2D eigenvalue weighted by molar-refractivity contribution is -0.137. The molecule has 9 amide bonds. The molecule has 362 valence electrons. The van der Waals surface area contributed by atoms with Gasteiger partial charge in [-0.2, -0.15) is 0 Å². The second-order valence-electron chi connectivity index (χ2n) is 16.8. The van der Waals surface area contributed by atoms with Crippen LogP contribution in [0, 0.1) is 23.7 Å². The highest BCUT2D eigenvalue weighted by molar-refractivity contribution is 5.98. The summed E-state index contributed by atoms with van der Waals surface area (Å²) in [5.41, 5.74) is 11.9. The van der Waals surface area contributed by atoms with E-state index >= 15 is 0 Å². The number of nitrogens with two attached hydrogens (primary N) is 2. The lowest BCUT2D eigenvalue weighted by Gasteiger charge is -2.31. The molecule has 2 rings (SSSR count). The molecule has 0 unspecified atom stereocenters. The molecular formula is C43H71N13O9. The van der Waals surface area contributed by atoms with Crippen LogP contribution in [-0.4, -0.2) is 115 Å². The van der Waals surface area contributed by atoms with Gasteiger partial charge in [0, 0.05) is 50.0 Å². The second kappa shape index (κ2) is 27.1. The summed E-state index contributed by atoms with van der Waals surface area (Å²) < 4.78 is 0. The monoisotopic (exact) mass is 914 g/mol. The molecule has 0 fully saturated rings. The molecular weight excluding hydrogens is 843 g/mol. The Hall–Kier alpha value is -6.35. The smallest absolute Gasteiger partial charge is 0.243 e. The Morgan fingerprint density at radius 2 is 0.846 bits per heavy atom. The number of hydrogen-bond donors (Lipinski definition) is 11. The molecule has 13 N–H and O–H groups in total. The van der Waals surface area contributed by atoms with Crippen molar-refractivity contribution in [3.8, 4) is 0 Å². The maximum absolute atomic E-state index is 14.3. The van der Waals surface area contributed by atoms with Crippen LogP contribution in [0.3, 0.4) is 0 Å². The zero-order valence-corrected chi connectivity index (χ0v) is 39.0. The van der Waals surface area contributed by atoms with Crippen LogP contribution in [0.5, 0.6) is 0 Å². The molecule has 0 aromatic carbocycles. The van der Waals surface area contributed by atoms with Crippen LogP contribution in [0.1, 0.15) is 112 Å². The van der Waals surface area contributed by atoms with Crippen molar-refractivity contribution in [2.45, 2.75) is 156 Å². The molecule has 0 saturated heterocycles. The van der Waals surface area contributed by atoms with Crippen LogP contribution in [-0.2, 0) is 56.0 Å². The number of H-pyrrole nitrogens is 2. The van der Waals surface area contributed by atoms with E-state index in [0.717, 1.165) is 0 Å². The van der Waals surface area contributed by atoms with Crippen molar-refractivity contribution in [3.05, 3.63) is 36.4 Å². The van der Waals surface area contributed by atoms with E-state index in [9.17, 15) is 43.2 Å². The Kier molecular flexibility index (Phi) is 22.8. The molecule has 11 atom stereocenters. The van der Waals surface area contributed by atoms with Gasteiger partial charge in [0.2, 0.25) is 53.2 Å². The van der Waals surface area contributed by atoms with Crippen molar-refractivity contribution in [1.29, 1.82) is 0 Å². The van der Waals surface area contributed by atoms with E-state index in [-0.39, 0.29) is 37.5 Å². The number of imidazole rings is 2. The largest absolute Gasteiger partial charge is 0.370 e.